The van der Waals surface area contributed by atoms with Gasteiger partial charge in [0.1, 0.15) is 5.60 Å². The second-order valence-electron chi connectivity index (χ2n) is 4.62. The minimum Gasteiger partial charge on any atom is -0.385 e. The van der Waals surface area contributed by atoms with Crippen LogP contribution in [0.2, 0.25) is 0 Å². The highest BCUT2D eigenvalue weighted by Crippen LogP contribution is 2.19. The Morgan fingerprint density at radius 2 is 1.81 bits per heavy atom. The second-order valence-corrected chi connectivity index (χ2v) is 4.62. The number of hydrogen-bond donors (Lipinski definition) is 1. The fourth-order valence-electron chi connectivity index (χ4n) is 1.49. The van der Waals surface area contributed by atoms with Crippen molar-refractivity contribution in [2.45, 2.75) is 52.6 Å². The Balaban J connectivity index is 0.000000267. The smallest absolute Gasteiger partial charge is 0.111 e. The van der Waals surface area contributed by atoms with Crippen molar-refractivity contribution >= 4 is 0 Å². The maximum atomic E-state index is 9.09. The molecule has 16 heavy (non-hydrogen) atoms. The van der Waals surface area contributed by atoms with E-state index in [9.17, 15) is 0 Å². The van der Waals surface area contributed by atoms with E-state index in [4.69, 9.17) is 14.6 Å². The summed E-state index contributed by atoms with van der Waals surface area (Å²) < 4.78 is 9.81. The van der Waals surface area contributed by atoms with Gasteiger partial charge in [0, 0.05) is 5.92 Å². The van der Waals surface area contributed by atoms with Crippen LogP contribution in [-0.2, 0) is 9.47 Å². The molecular weight excluding hydrogens is 204 g/mol. The lowest BCUT2D eigenvalue weighted by Crippen LogP contribution is -2.48. The van der Waals surface area contributed by atoms with Gasteiger partial charge in [0.15, 0.2) is 0 Å². The number of hydrogen-bond acceptors (Lipinski definition) is 3. The van der Waals surface area contributed by atoms with Gasteiger partial charge in [0.05, 0.1) is 26.4 Å². The Morgan fingerprint density at radius 3 is 2.00 bits per heavy atom. The molecule has 0 aliphatic carbocycles. The van der Waals surface area contributed by atoms with Crippen molar-refractivity contribution in [2.24, 2.45) is 5.92 Å². The summed E-state index contributed by atoms with van der Waals surface area (Å²) in [6, 6.07) is 0. The van der Waals surface area contributed by atoms with E-state index < -0.39 is 5.60 Å². The first-order valence-electron chi connectivity index (χ1n) is 6.08. The molecule has 0 atom stereocenters. The molecule has 3 nitrogen and oxygen atoms in total. The van der Waals surface area contributed by atoms with E-state index in [0.29, 0.717) is 13.2 Å². The van der Waals surface area contributed by atoms with Crippen molar-refractivity contribution in [1.82, 2.24) is 0 Å². The van der Waals surface area contributed by atoms with Gasteiger partial charge in [-0.25, -0.2) is 0 Å². The largest absolute Gasteiger partial charge is 0.385 e. The van der Waals surface area contributed by atoms with Crippen LogP contribution in [0.4, 0.5) is 0 Å². The van der Waals surface area contributed by atoms with Crippen LogP contribution in [-0.4, -0.2) is 37.1 Å². The zero-order valence-corrected chi connectivity index (χ0v) is 10.00. The zero-order valence-electron chi connectivity index (χ0n) is 10.00. The van der Waals surface area contributed by atoms with E-state index in [0.717, 1.165) is 25.6 Å². The van der Waals surface area contributed by atoms with E-state index in [2.05, 4.69) is 6.92 Å². The minimum absolute atomic E-state index is 0. The lowest BCUT2D eigenvalue weighted by Gasteiger charge is -2.35. The van der Waals surface area contributed by atoms with Crippen LogP contribution in [0.15, 0.2) is 0 Å². The third-order valence-corrected chi connectivity index (χ3v) is 3.07. The monoisotopic (exact) mass is 232 g/mol. The van der Waals surface area contributed by atoms with Crippen LogP contribution in [0.5, 0.6) is 0 Å². The number of unbranched alkanes of at least 4 members (excludes halogenated alkanes) is 1. The van der Waals surface area contributed by atoms with Gasteiger partial charge < -0.3 is 14.6 Å². The number of aliphatic hydroxyl groups is 1. The van der Waals surface area contributed by atoms with E-state index in [1.54, 1.807) is 0 Å². The molecule has 0 aromatic heterocycles. The average molecular weight is 232 g/mol. The summed E-state index contributed by atoms with van der Waals surface area (Å²) in [4.78, 5) is 0. The van der Waals surface area contributed by atoms with Crippen LogP contribution in [0.1, 0.15) is 47.0 Å². The summed E-state index contributed by atoms with van der Waals surface area (Å²) >= 11 is 0. The molecule has 0 unspecified atom stereocenters. The van der Waals surface area contributed by atoms with Crippen molar-refractivity contribution in [2.75, 3.05) is 26.4 Å². The molecule has 0 aromatic rings. The fraction of sp³-hybridized carbons (Fsp3) is 1.00. The molecule has 2 saturated heterocycles. The molecule has 0 saturated carbocycles. The Labute approximate surface area is 100 Å². The first-order valence-corrected chi connectivity index (χ1v) is 6.08. The highest BCUT2D eigenvalue weighted by Gasteiger charge is 2.33. The van der Waals surface area contributed by atoms with Crippen molar-refractivity contribution < 1.29 is 14.6 Å². The molecule has 0 radical (unpaired) electrons. The van der Waals surface area contributed by atoms with Gasteiger partial charge in [0.25, 0.3) is 0 Å². The summed E-state index contributed by atoms with van der Waals surface area (Å²) in [6.45, 7) is 7.31. The second kappa shape index (κ2) is 8.04. The molecule has 2 rings (SSSR count). The van der Waals surface area contributed by atoms with Crippen LogP contribution < -0.4 is 0 Å². The molecule has 0 bridgehead atoms. The molecule has 1 N–H and O–H groups in total. The van der Waals surface area contributed by atoms with Crippen LogP contribution in [0.25, 0.3) is 0 Å². The molecule has 2 fully saturated rings. The van der Waals surface area contributed by atoms with Crippen LogP contribution in [0.3, 0.4) is 0 Å². The van der Waals surface area contributed by atoms with Gasteiger partial charge in [-0.05, 0) is 12.8 Å². The SMILES string of the molecule is C.CCC1(O)COC1.CCCCC1COC1. The fourth-order valence-corrected chi connectivity index (χ4v) is 1.49. The summed E-state index contributed by atoms with van der Waals surface area (Å²) in [7, 11) is 0. The molecule has 2 aliphatic heterocycles. The lowest BCUT2D eigenvalue weighted by molar-refractivity contribution is -0.178. The van der Waals surface area contributed by atoms with Gasteiger partial charge in [-0.3, -0.25) is 0 Å². The maximum Gasteiger partial charge on any atom is 0.111 e. The van der Waals surface area contributed by atoms with Gasteiger partial charge in [-0.15, -0.1) is 0 Å². The molecule has 3 heteroatoms. The summed E-state index contributed by atoms with van der Waals surface area (Å²) in [5, 5.41) is 9.09. The molecule has 2 aliphatic rings. The van der Waals surface area contributed by atoms with Gasteiger partial charge in [0.2, 0.25) is 0 Å². The summed E-state index contributed by atoms with van der Waals surface area (Å²) in [6.07, 6.45) is 4.91. The first-order chi connectivity index (χ1) is 7.20. The van der Waals surface area contributed by atoms with E-state index in [1.807, 2.05) is 6.92 Å². The van der Waals surface area contributed by atoms with Gasteiger partial charge in [-0.2, -0.15) is 0 Å². The van der Waals surface area contributed by atoms with Crippen molar-refractivity contribution in [3.63, 3.8) is 0 Å². The predicted molar refractivity (Wildman–Crippen MR) is 66.6 cm³/mol. The average Bonchev–Trinajstić information content (AvgIpc) is 2.13. The summed E-state index contributed by atoms with van der Waals surface area (Å²) in [5.74, 6) is 0.912. The maximum absolute atomic E-state index is 9.09. The number of rotatable bonds is 4. The highest BCUT2D eigenvalue weighted by molar-refractivity contribution is 4.82. The normalized spacial score (nSPS) is 21.9. The molecule has 0 amide bonds. The minimum atomic E-state index is -0.458. The highest BCUT2D eigenvalue weighted by atomic mass is 16.5. The Kier molecular flexibility index (Phi) is 7.98. The number of ether oxygens (including phenoxy) is 2. The Hall–Kier alpha value is -0.120. The Morgan fingerprint density at radius 1 is 1.19 bits per heavy atom. The van der Waals surface area contributed by atoms with Crippen molar-refractivity contribution in [3.05, 3.63) is 0 Å². The van der Waals surface area contributed by atoms with Gasteiger partial charge in [-0.1, -0.05) is 34.1 Å². The van der Waals surface area contributed by atoms with Crippen molar-refractivity contribution in [3.8, 4) is 0 Å². The molecular formula is C13H28O3. The van der Waals surface area contributed by atoms with E-state index >= 15 is 0 Å². The topological polar surface area (TPSA) is 38.7 Å². The molecule has 0 aromatic carbocycles. The zero-order chi connectivity index (χ0) is 11.1. The first kappa shape index (κ1) is 15.9. The molecule has 0 spiro atoms. The lowest BCUT2D eigenvalue weighted by atomic mass is 10.00. The van der Waals surface area contributed by atoms with E-state index in [-0.39, 0.29) is 7.43 Å². The predicted octanol–water partition coefficient (Wildman–Crippen LogP) is 2.62. The standard InChI is InChI=1S/C7H14O.C5H10O2.CH4/c1-2-3-4-7-5-8-6-7;1-2-5(6)3-7-4-5;/h7H,2-6H2,1H3;6H,2-4H2,1H3;1H4. The molecule has 98 valence electrons. The third kappa shape index (κ3) is 5.28. The Bertz CT molecular complexity index is 157. The quantitative estimate of drug-likeness (QED) is 0.810. The third-order valence-electron chi connectivity index (χ3n) is 3.07. The summed E-state index contributed by atoms with van der Waals surface area (Å²) in [5.41, 5.74) is -0.458. The van der Waals surface area contributed by atoms with Crippen LogP contribution in [0, 0.1) is 5.92 Å². The van der Waals surface area contributed by atoms with Crippen LogP contribution >= 0.6 is 0 Å². The van der Waals surface area contributed by atoms with Gasteiger partial charge >= 0.3 is 0 Å². The molecule has 2 heterocycles. The van der Waals surface area contributed by atoms with Crippen molar-refractivity contribution in [1.29, 1.82) is 0 Å². The van der Waals surface area contributed by atoms with E-state index in [1.165, 1.54) is 19.3 Å².